The van der Waals surface area contributed by atoms with Crippen LogP contribution in [-0.2, 0) is 14.3 Å². The molecule has 2 N–H and O–H groups in total. The molecule has 6 nitrogen and oxygen atoms in total. The van der Waals surface area contributed by atoms with Crippen LogP contribution in [0.1, 0.15) is 5.56 Å². The number of hydrogen-bond acceptors (Lipinski definition) is 5. The van der Waals surface area contributed by atoms with Crippen molar-refractivity contribution >= 4 is 28.5 Å². The summed E-state index contributed by atoms with van der Waals surface area (Å²) in [5.41, 5.74) is 4.39. The first kappa shape index (κ1) is 16.6. The Kier molecular flexibility index (Phi) is 4.60. The third kappa shape index (κ3) is 3.42. The Hall–Kier alpha value is -2.83. The van der Waals surface area contributed by atoms with Crippen LogP contribution in [0.3, 0.4) is 0 Å². The highest BCUT2D eigenvalue weighted by Crippen LogP contribution is 2.31. The van der Waals surface area contributed by atoms with Crippen LogP contribution in [0.4, 0.5) is 17.1 Å². The van der Waals surface area contributed by atoms with Crippen molar-refractivity contribution < 1.29 is 14.3 Å². The van der Waals surface area contributed by atoms with Crippen molar-refractivity contribution in [1.82, 2.24) is 0 Å². The number of anilines is 3. The topological polar surface area (TPSA) is 62.8 Å². The maximum atomic E-state index is 12.1. The highest BCUT2D eigenvalue weighted by Gasteiger charge is 2.23. The van der Waals surface area contributed by atoms with E-state index in [0.29, 0.717) is 25.3 Å². The summed E-state index contributed by atoms with van der Waals surface area (Å²) in [5.74, 6) is -0.0911. The second-order valence-corrected chi connectivity index (χ2v) is 6.30. The molecule has 6 heteroatoms. The van der Waals surface area contributed by atoms with Gasteiger partial charge in [0.25, 0.3) is 5.91 Å². The molecule has 0 aromatic heterocycles. The van der Waals surface area contributed by atoms with Gasteiger partial charge in [-0.1, -0.05) is 18.2 Å². The molecule has 0 spiro atoms. The summed E-state index contributed by atoms with van der Waals surface area (Å²) in [7, 11) is 2.01. The third-order valence-electron chi connectivity index (χ3n) is 4.52. The minimum Gasteiger partial charge on any atom is -0.369 e. The molecular weight excluding hydrogens is 330 g/mol. The summed E-state index contributed by atoms with van der Waals surface area (Å²) in [6.07, 6.45) is 1.59. The van der Waals surface area contributed by atoms with Gasteiger partial charge in [0.1, 0.15) is 0 Å². The fraction of sp³-hybridized carbons (Fsp3) is 0.250. The van der Waals surface area contributed by atoms with Crippen molar-refractivity contribution in [2.45, 2.75) is 6.29 Å². The number of para-hydroxylation sites is 1. The lowest BCUT2D eigenvalue weighted by Gasteiger charge is -2.22. The molecular formula is C20H21N3O3. The monoisotopic (exact) mass is 351 g/mol. The van der Waals surface area contributed by atoms with E-state index in [9.17, 15) is 4.79 Å². The minimum absolute atomic E-state index is 0.0911. The quantitative estimate of drug-likeness (QED) is 0.811. The zero-order chi connectivity index (χ0) is 17.9. The van der Waals surface area contributed by atoms with Crippen molar-refractivity contribution in [2.75, 3.05) is 42.3 Å². The van der Waals surface area contributed by atoms with Gasteiger partial charge >= 0.3 is 0 Å². The first-order valence-corrected chi connectivity index (χ1v) is 8.62. The summed E-state index contributed by atoms with van der Waals surface area (Å²) in [5, 5.41) is 6.07. The van der Waals surface area contributed by atoms with Crippen molar-refractivity contribution in [3.8, 4) is 0 Å². The largest absolute Gasteiger partial charge is 0.369 e. The molecule has 2 heterocycles. The molecule has 0 radical (unpaired) electrons. The van der Waals surface area contributed by atoms with Gasteiger partial charge in [0.15, 0.2) is 6.29 Å². The second-order valence-electron chi connectivity index (χ2n) is 6.30. The standard InChI is InChI=1S/C20H21N3O3/c1-23(13-19-25-10-11-26-19)15-8-6-14(7-9-15)21-12-17-16-4-2-3-5-18(16)22-20(17)24/h2-9,12,19,21H,10-11,13H2,1H3,(H,22,24)/b17-12+. The Bertz CT molecular complexity index is 826. The number of hydrogen-bond donors (Lipinski definition) is 2. The number of carbonyl (C=O) groups is 1. The highest BCUT2D eigenvalue weighted by atomic mass is 16.7. The number of fused-ring (bicyclic) bond motifs is 1. The molecule has 26 heavy (non-hydrogen) atoms. The molecule has 134 valence electrons. The Morgan fingerprint density at radius 1 is 1.15 bits per heavy atom. The number of ether oxygens (including phenoxy) is 2. The molecule has 0 bridgehead atoms. The van der Waals surface area contributed by atoms with E-state index in [0.717, 1.165) is 22.6 Å². The van der Waals surface area contributed by atoms with Gasteiger partial charge in [-0.25, -0.2) is 0 Å². The lowest BCUT2D eigenvalue weighted by Crippen LogP contribution is -2.29. The summed E-state index contributed by atoms with van der Waals surface area (Å²) >= 11 is 0. The van der Waals surface area contributed by atoms with Gasteiger partial charge < -0.3 is 25.0 Å². The van der Waals surface area contributed by atoms with Crippen molar-refractivity contribution in [2.24, 2.45) is 0 Å². The number of carbonyl (C=O) groups excluding carboxylic acids is 1. The fourth-order valence-corrected chi connectivity index (χ4v) is 3.09. The maximum absolute atomic E-state index is 12.1. The number of nitrogens with one attached hydrogen (secondary N) is 2. The first-order chi connectivity index (χ1) is 12.7. The van der Waals surface area contributed by atoms with E-state index >= 15 is 0 Å². The predicted octanol–water partition coefficient (Wildman–Crippen LogP) is 2.90. The van der Waals surface area contributed by atoms with Gasteiger partial charge in [0, 0.05) is 35.9 Å². The highest BCUT2D eigenvalue weighted by molar-refractivity contribution is 6.31. The minimum atomic E-state index is -0.163. The van der Waals surface area contributed by atoms with E-state index < -0.39 is 0 Å². The van der Waals surface area contributed by atoms with Crippen LogP contribution in [0.25, 0.3) is 5.57 Å². The third-order valence-corrected chi connectivity index (χ3v) is 4.52. The summed E-state index contributed by atoms with van der Waals surface area (Å²) in [4.78, 5) is 14.2. The maximum Gasteiger partial charge on any atom is 0.257 e. The van der Waals surface area contributed by atoms with E-state index in [-0.39, 0.29) is 12.2 Å². The number of benzene rings is 2. The number of likely N-dealkylation sites (N-methyl/N-ethyl adjacent to an activating group) is 1. The molecule has 2 aliphatic heterocycles. The molecule has 0 unspecified atom stereocenters. The molecule has 1 saturated heterocycles. The van der Waals surface area contributed by atoms with E-state index in [4.69, 9.17) is 9.47 Å². The molecule has 2 aromatic carbocycles. The smallest absolute Gasteiger partial charge is 0.257 e. The molecule has 4 rings (SSSR count). The lowest BCUT2D eigenvalue weighted by molar-refractivity contribution is -0.110. The van der Waals surface area contributed by atoms with E-state index in [2.05, 4.69) is 15.5 Å². The molecule has 1 amide bonds. The predicted molar refractivity (Wildman–Crippen MR) is 102 cm³/mol. The lowest BCUT2D eigenvalue weighted by atomic mass is 10.1. The van der Waals surface area contributed by atoms with Gasteiger partial charge in [-0.05, 0) is 30.3 Å². The van der Waals surface area contributed by atoms with Crippen molar-refractivity contribution in [3.63, 3.8) is 0 Å². The average Bonchev–Trinajstić information content (AvgIpc) is 3.27. The van der Waals surface area contributed by atoms with Crippen LogP contribution in [0.15, 0.2) is 54.7 Å². The van der Waals surface area contributed by atoms with Crippen LogP contribution < -0.4 is 15.5 Å². The summed E-state index contributed by atoms with van der Waals surface area (Å²) < 4.78 is 11.0. The Labute approximate surface area is 152 Å². The fourth-order valence-electron chi connectivity index (χ4n) is 3.09. The Balaban J connectivity index is 1.42. The number of rotatable bonds is 5. The van der Waals surface area contributed by atoms with Gasteiger partial charge in [-0.3, -0.25) is 4.79 Å². The SMILES string of the molecule is CN(CC1OCCO1)c1ccc(N/C=C2/C(=O)Nc3ccccc32)cc1. The molecule has 0 saturated carbocycles. The van der Waals surface area contributed by atoms with Gasteiger partial charge in [-0.2, -0.15) is 0 Å². The van der Waals surface area contributed by atoms with Crippen LogP contribution in [0.5, 0.6) is 0 Å². The first-order valence-electron chi connectivity index (χ1n) is 8.62. The van der Waals surface area contributed by atoms with Crippen LogP contribution in [0, 0.1) is 0 Å². The van der Waals surface area contributed by atoms with Crippen molar-refractivity contribution in [3.05, 3.63) is 60.3 Å². The van der Waals surface area contributed by atoms with E-state index in [1.54, 1.807) is 6.20 Å². The molecule has 0 atom stereocenters. The summed E-state index contributed by atoms with van der Waals surface area (Å²) in [6, 6.07) is 15.7. The zero-order valence-electron chi connectivity index (χ0n) is 14.6. The Morgan fingerprint density at radius 3 is 2.65 bits per heavy atom. The summed E-state index contributed by atoms with van der Waals surface area (Å²) in [6.45, 7) is 2.01. The van der Waals surface area contributed by atoms with Crippen LogP contribution in [-0.4, -0.2) is 39.0 Å². The Morgan fingerprint density at radius 2 is 1.88 bits per heavy atom. The van der Waals surface area contributed by atoms with Gasteiger partial charge in [0.2, 0.25) is 0 Å². The molecule has 0 aliphatic carbocycles. The molecule has 2 aromatic rings. The zero-order valence-corrected chi connectivity index (χ0v) is 14.6. The van der Waals surface area contributed by atoms with E-state index in [1.165, 1.54) is 0 Å². The van der Waals surface area contributed by atoms with Gasteiger partial charge in [-0.15, -0.1) is 0 Å². The molecule has 1 fully saturated rings. The second kappa shape index (κ2) is 7.19. The van der Waals surface area contributed by atoms with Crippen molar-refractivity contribution in [1.29, 1.82) is 0 Å². The van der Waals surface area contributed by atoms with E-state index in [1.807, 2.05) is 55.6 Å². The van der Waals surface area contributed by atoms with Gasteiger partial charge in [0.05, 0.1) is 25.3 Å². The number of amides is 1. The average molecular weight is 351 g/mol. The normalized spacial score (nSPS) is 18.0. The molecule has 2 aliphatic rings. The van der Waals surface area contributed by atoms with Crippen LogP contribution in [0.2, 0.25) is 0 Å². The van der Waals surface area contributed by atoms with Crippen LogP contribution >= 0.6 is 0 Å². The number of nitrogens with zero attached hydrogens (tertiary/aromatic N) is 1.